The van der Waals surface area contributed by atoms with Gasteiger partial charge in [-0.2, -0.15) is 0 Å². The Kier molecular flexibility index (Phi) is 2.28. The van der Waals surface area contributed by atoms with Crippen LogP contribution in [0.2, 0.25) is 0 Å². The van der Waals surface area contributed by atoms with E-state index >= 15 is 0 Å². The summed E-state index contributed by atoms with van der Waals surface area (Å²) < 4.78 is 5.19. The number of pyridine rings is 1. The molecule has 0 atom stereocenters. The molecule has 1 aromatic rings. The molecule has 4 nitrogen and oxygen atoms in total. The Balaban J connectivity index is 3.09. The van der Waals surface area contributed by atoms with Gasteiger partial charge in [0.2, 0.25) is 6.20 Å². The van der Waals surface area contributed by atoms with Gasteiger partial charge in [-0.3, -0.25) is 5.21 Å². The van der Waals surface area contributed by atoms with Crippen molar-refractivity contribution in [3.05, 3.63) is 29.6 Å². The lowest BCUT2D eigenvalue weighted by molar-refractivity contribution is -0.906. The van der Waals surface area contributed by atoms with E-state index in [1.165, 1.54) is 19.4 Å². The van der Waals surface area contributed by atoms with E-state index in [0.29, 0.717) is 0 Å². The van der Waals surface area contributed by atoms with E-state index in [9.17, 15) is 10.0 Å². The van der Waals surface area contributed by atoms with Gasteiger partial charge < -0.3 is 4.74 Å². The third kappa shape index (κ3) is 1.53. The smallest absolute Gasteiger partial charge is 0.408 e. The topological polar surface area (TPSA) is 50.4 Å². The summed E-state index contributed by atoms with van der Waals surface area (Å²) in [6.07, 6.45) is 1.44. The molecule has 1 aromatic heterocycles. The van der Waals surface area contributed by atoms with E-state index < -0.39 is 5.97 Å². The molecule has 0 spiro atoms. The average molecular weight is 168 g/mol. The fourth-order valence-corrected chi connectivity index (χ4v) is 0.858. The SMILES string of the molecule is COC(=O)c1ccc(C)c[n+]1O. The maximum atomic E-state index is 10.9. The van der Waals surface area contributed by atoms with E-state index in [0.717, 1.165) is 10.3 Å². The molecule has 4 heteroatoms. The Hall–Kier alpha value is -1.58. The van der Waals surface area contributed by atoms with Crippen LogP contribution in [-0.2, 0) is 4.74 Å². The Morgan fingerprint density at radius 3 is 2.75 bits per heavy atom. The zero-order valence-electron chi connectivity index (χ0n) is 6.94. The van der Waals surface area contributed by atoms with Crippen LogP contribution in [0.3, 0.4) is 0 Å². The van der Waals surface area contributed by atoms with Crippen molar-refractivity contribution >= 4 is 5.97 Å². The fraction of sp³-hybridized carbons (Fsp3) is 0.250. The minimum atomic E-state index is -0.558. The molecule has 0 bridgehead atoms. The predicted octanol–water partition coefficient (Wildman–Crippen LogP) is 0.306. The first kappa shape index (κ1) is 8.52. The molecule has 1 heterocycles. The van der Waals surface area contributed by atoms with Crippen LogP contribution in [0.5, 0.6) is 0 Å². The van der Waals surface area contributed by atoms with E-state index in [4.69, 9.17) is 0 Å². The van der Waals surface area contributed by atoms with Crippen molar-refractivity contribution in [2.45, 2.75) is 6.92 Å². The number of carbonyl (C=O) groups is 1. The van der Waals surface area contributed by atoms with Gasteiger partial charge in [0, 0.05) is 16.4 Å². The number of rotatable bonds is 1. The average Bonchev–Trinajstić information content (AvgIpc) is 2.03. The van der Waals surface area contributed by atoms with Crippen LogP contribution in [0.4, 0.5) is 0 Å². The van der Waals surface area contributed by atoms with Gasteiger partial charge in [-0.25, -0.2) is 4.79 Å². The highest BCUT2D eigenvalue weighted by Gasteiger charge is 2.19. The Bertz CT molecular complexity index is 309. The van der Waals surface area contributed by atoms with Crippen LogP contribution in [0.1, 0.15) is 16.1 Å². The molecule has 0 aliphatic carbocycles. The lowest BCUT2D eigenvalue weighted by Gasteiger charge is -1.94. The first-order chi connectivity index (χ1) is 5.65. The van der Waals surface area contributed by atoms with Gasteiger partial charge in [-0.1, -0.05) is 0 Å². The highest BCUT2D eigenvalue weighted by atomic mass is 16.5. The van der Waals surface area contributed by atoms with E-state index in [2.05, 4.69) is 4.74 Å². The van der Waals surface area contributed by atoms with E-state index in [1.807, 2.05) is 6.92 Å². The van der Waals surface area contributed by atoms with Crippen LogP contribution in [0.15, 0.2) is 18.3 Å². The lowest BCUT2D eigenvalue weighted by Crippen LogP contribution is -2.37. The maximum absolute atomic E-state index is 10.9. The third-order valence-corrected chi connectivity index (χ3v) is 1.47. The molecule has 1 N–H and O–H groups in total. The lowest BCUT2D eigenvalue weighted by atomic mass is 10.3. The molecule has 0 saturated heterocycles. The Morgan fingerprint density at radius 1 is 1.58 bits per heavy atom. The van der Waals surface area contributed by atoms with E-state index in [1.54, 1.807) is 6.07 Å². The first-order valence-corrected chi connectivity index (χ1v) is 3.45. The van der Waals surface area contributed by atoms with Crippen molar-refractivity contribution in [2.75, 3.05) is 7.11 Å². The van der Waals surface area contributed by atoms with Gasteiger partial charge in [-0.15, -0.1) is 0 Å². The minimum Gasteiger partial charge on any atom is -0.461 e. The summed E-state index contributed by atoms with van der Waals surface area (Å²) in [4.78, 5) is 10.9. The summed E-state index contributed by atoms with van der Waals surface area (Å²) in [6.45, 7) is 1.81. The number of nitrogens with zero attached hydrogens (tertiary/aromatic N) is 1. The zero-order valence-corrected chi connectivity index (χ0v) is 6.94. The van der Waals surface area contributed by atoms with Gasteiger partial charge in [0.05, 0.1) is 7.11 Å². The molecule has 0 fully saturated rings. The third-order valence-electron chi connectivity index (χ3n) is 1.47. The highest BCUT2D eigenvalue weighted by molar-refractivity contribution is 5.85. The van der Waals surface area contributed by atoms with Crippen molar-refractivity contribution < 1.29 is 19.5 Å². The van der Waals surface area contributed by atoms with Gasteiger partial charge in [-0.05, 0) is 13.0 Å². The molecule has 0 saturated carbocycles. The predicted molar refractivity (Wildman–Crippen MR) is 39.9 cm³/mol. The van der Waals surface area contributed by atoms with Gasteiger partial charge in [0.25, 0.3) is 0 Å². The molecule has 0 aliphatic heterocycles. The number of aromatic nitrogens is 1. The molecule has 0 unspecified atom stereocenters. The number of aryl methyl sites for hydroxylation is 1. The number of methoxy groups -OCH3 is 1. The molecule has 0 amide bonds. The van der Waals surface area contributed by atoms with Crippen LogP contribution < -0.4 is 4.73 Å². The van der Waals surface area contributed by atoms with Crippen LogP contribution in [0, 0.1) is 6.92 Å². The molecular weight excluding hydrogens is 158 g/mol. The molecule has 1 rings (SSSR count). The van der Waals surface area contributed by atoms with Gasteiger partial charge >= 0.3 is 11.7 Å². The van der Waals surface area contributed by atoms with Crippen LogP contribution >= 0.6 is 0 Å². The van der Waals surface area contributed by atoms with Crippen molar-refractivity contribution in [1.29, 1.82) is 0 Å². The molecule has 0 aromatic carbocycles. The molecule has 0 radical (unpaired) electrons. The van der Waals surface area contributed by atoms with E-state index in [-0.39, 0.29) is 5.69 Å². The number of ether oxygens (including phenoxy) is 1. The zero-order chi connectivity index (χ0) is 9.14. The Morgan fingerprint density at radius 2 is 2.25 bits per heavy atom. The monoisotopic (exact) mass is 168 g/mol. The summed E-state index contributed by atoms with van der Waals surface area (Å²) in [5, 5.41) is 9.21. The second kappa shape index (κ2) is 3.21. The number of hydrogen-bond donors (Lipinski definition) is 1. The summed E-state index contributed by atoms with van der Waals surface area (Å²) in [7, 11) is 1.27. The van der Waals surface area contributed by atoms with Crippen LogP contribution in [0.25, 0.3) is 0 Å². The number of esters is 1. The quantitative estimate of drug-likeness (QED) is 0.373. The molecule has 0 aliphatic rings. The van der Waals surface area contributed by atoms with Crippen molar-refractivity contribution in [1.82, 2.24) is 0 Å². The van der Waals surface area contributed by atoms with Crippen molar-refractivity contribution in [3.63, 3.8) is 0 Å². The second-order valence-electron chi connectivity index (χ2n) is 2.43. The van der Waals surface area contributed by atoms with Crippen LogP contribution in [-0.4, -0.2) is 18.3 Å². The summed E-state index contributed by atoms with van der Waals surface area (Å²) in [5.74, 6) is -0.558. The van der Waals surface area contributed by atoms with Gasteiger partial charge in [0.1, 0.15) is 0 Å². The standard InChI is InChI=1S/C8H10NO3/c1-6-3-4-7(8(10)12-2)9(11)5-6/h3-5,11H,1-2H3/q+1. The molecule has 64 valence electrons. The largest absolute Gasteiger partial charge is 0.461 e. The van der Waals surface area contributed by atoms with Gasteiger partial charge in [0.15, 0.2) is 0 Å². The van der Waals surface area contributed by atoms with Crippen molar-refractivity contribution in [3.8, 4) is 0 Å². The summed E-state index contributed by atoms with van der Waals surface area (Å²) >= 11 is 0. The fourth-order valence-electron chi connectivity index (χ4n) is 0.858. The number of carbonyl (C=O) groups excluding carboxylic acids is 1. The summed E-state index contributed by atoms with van der Waals surface area (Å²) in [5.41, 5.74) is 0.980. The Labute approximate surface area is 70.0 Å². The highest BCUT2D eigenvalue weighted by Crippen LogP contribution is 1.96. The number of hydrogen-bond acceptors (Lipinski definition) is 3. The van der Waals surface area contributed by atoms with Crippen molar-refractivity contribution in [2.24, 2.45) is 0 Å². The molecule has 12 heavy (non-hydrogen) atoms. The second-order valence-corrected chi connectivity index (χ2v) is 2.43. The minimum absolute atomic E-state index is 0.114. The molecular formula is C8H10NO3+. The summed E-state index contributed by atoms with van der Waals surface area (Å²) in [6, 6.07) is 3.22. The maximum Gasteiger partial charge on any atom is 0.408 e. The first-order valence-electron chi connectivity index (χ1n) is 3.45. The normalized spacial score (nSPS) is 9.50.